The average molecular weight is 295 g/mol. The molecule has 0 amide bonds. The lowest BCUT2D eigenvalue weighted by molar-refractivity contribution is 0.495. The fourth-order valence-corrected chi connectivity index (χ4v) is 2.94. The zero-order chi connectivity index (χ0) is 13.7. The van der Waals surface area contributed by atoms with Crippen LogP contribution >= 0.6 is 22.9 Å². The monoisotopic (exact) mass is 294 g/mol. The summed E-state index contributed by atoms with van der Waals surface area (Å²) in [7, 11) is 0. The van der Waals surface area contributed by atoms with Gasteiger partial charge in [0.25, 0.3) is 0 Å². The fraction of sp³-hybridized carbons (Fsp3) is 0.400. The second kappa shape index (κ2) is 7.04. The topological polar surface area (TPSA) is 24.9 Å². The highest BCUT2D eigenvalue weighted by molar-refractivity contribution is 7.09. The zero-order valence-electron chi connectivity index (χ0n) is 11.3. The maximum atomic E-state index is 5.95. The molecule has 0 aliphatic carbocycles. The first-order chi connectivity index (χ1) is 9.20. The summed E-state index contributed by atoms with van der Waals surface area (Å²) in [6.07, 6.45) is 2.28. The number of thiazole rings is 1. The van der Waals surface area contributed by atoms with Crippen LogP contribution in [0.25, 0.3) is 0 Å². The molecule has 1 N–H and O–H groups in total. The Morgan fingerprint density at radius 3 is 2.63 bits per heavy atom. The van der Waals surface area contributed by atoms with Crippen LogP contribution in [0.3, 0.4) is 0 Å². The van der Waals surface area contributed by atoms with E-state index < -0.39 is 0 Å². The average Bonchev–Trinajstić information content (AvgIpc) is 2.81. The van der Waals surface area contributed by atoms with Crippen LogP contribution < -0.4 is 5.32 Å². The van der Waals surface area contributed by atoms with E-state index >= 15 is 0 Å². The Morgan fingerprint density at radius 2 is 2.05 bits per heavy atom. The quantitative estimate of drug-likeness (QED) is 0.832. The van der Waals surface area contributed by atoms with E-state index in [1.165, 1.54) is 10.4 Å². The van der Waals surface area contributed by atoms with Gasteiger partial charge in [0, 0.05) is 22.5 Å². The Bertz CT molecular complexity index is 507. The van der Waals surface area contributed by atoms with Crippen LogP contribution in [0.1, 0.15) is 41.9 Å². The Hall–Kier alpha value is -0.900. The van der Waals surface area contributed by atoms with Gasteiger partial charge in [-0.2, -0.15) is 0 Å². The summed E-state index contributed by atoms with van der Waals surface area (Å²) in [6, 6.07) is 8.51. The summed E-state index contributed by atoms with van der Waals surface area (Å²) in [6.45, 7) is 5.15. The maximum Gasteiger partial charge on any atom is 0.0798 e. The molecule has 1 atom stereocenters. The third-order valence-corrected chi connectivity index (χ3v) is 4.39. The Kier molecular flexibility index (Phi) is 5.37. The van der Waals surface area contributed by atoms with Gasteiger partial charge in [0.1, 0.15) is 0 Å². The standard InChI is InChI=1S/C15H19ClN2S/c1-3-4-14(12-5-7-13(16)8-6-12)17-9-15-11(2)18-10-19-15/h5-8,10,14,17H,3-4,9H2,1-2H3. The molecule has 1 heterocycles. The van der Waals surface area contributed by atoms with E-state index in [4.69, 9.17) is 11.6 Å². The molecule has 0 aliphatic heterocycles. The molecule has 0 bridgehead atoms. The molecule has 1 unspecified atom stereocenters. The lowest BCUT2D eigenvalue weighted by Gasteiger charge is -2.18. The van der Waals surface area contributed by atoms with E-state index in [9.17, 15) is 0 Å². The van der Waals surface area contributed by atoms with Gasteiger partial charge in [-0.3, -0.25) is 0 Å². The highest BCUT2D eigenvalue weighted by Gasteiger charge is 2.11. The number of aryl methyl sites for hydroxylation is 1. The highest BCUT2D eigenvalue weighted by Crippen LogP contribution is 2.22. The van der Waals surface area contributed by atoms with E-state index in [0.29, 0.717) is 6.04 Å². The van der Waals surface area contributed by atoms with Crippen molar-refractivity contribution in [2.45, 2.75) is 39.3 Å². The summed E-state index contributed by atoms with van der Waals surface area (Å²) < 4.78 is 0. The molecular weight excluding hydrogens is 276 g/mol. The summed E-state index contributed by atoms with van der Waals surface area (Å²) in [5.41, 5.74) is 4.33. The first-order valence-electron chi connectivity index (χ1n) is 6.58. The number of hydrogen-bond donors (Lipinski definition) is 1. The van der Waals surface area contributed by atoms with Gasteiger partial charge in [0.15, 0.2) is 0 Å². The van der Waals surface area contributed by atoms with Crippen molar-refractivity contribution in [2.24, 2.45) is 0 Å². The van der Waals surface area contributed by atoms with Gasteiger partial charge in [-0.05, 0) is 31.0 Å². The molecular formula is C15H19ClN2S. The molecule has 1 aromatic heterocycles. The highest BCUT2D eigenvalue weighted by atomic mass is 35.5. The SMILES string of the molecule is CCCC(NCc1scnc1C)c1ccc(Cl)cc1. The van der Waals surface area contributed by atoms with E-state index in [2.05, 4.69) is 36.3 Å². The van der Waals surface area contributed by atoms with Crippen LogP contribution in [0, 0.1) is 6.92 Å². The van der Waals surface area contributed by atoms with Crippen molar-refractivity contribution in [3.8, 4) is 0 Å². The number of nitrogens with one attached hydrogen (secondary N) is 1. The number of halogens is 1. The second-order valence-electron chi connectivity index (χ2n) is 4.63. The van der Waals surface area contributed by atoms with Crippen LogP contribution in [0.2, 0.25) is 5.02 Å². The summed E-state index contributed by atoms with van der Waals surface area (Å²) in [4.78, 5) is 5.60. The minimum atomic E-state index is 0.378. The minimum Gasteiger partial charge on any atom is -0.305 e. The normalized spacial score (nSPS) is 12.6. The van der Waals surface area contributed by atoms with Crippen molar-refractivity contribution < 1.29 is 0 Å². The molecule has 1 aromatic carbocycles. The molecule has 2 aromatic rings. The smallest absolute Gasteiger partial charge is 0.0798 e. The van der Waals surface area contributed by atoms with Crippen molar-refractivity contribution in [3.63, 3.8) is 0 Å². The van der Waals surface area contributed by atoms with Crippen LogP contribution in [0.4, 0.5) is 0 Å². The molecule has 0 fully saturated rings. The van der Waals surface area contributed by atoms with Gasteiger partial charge < -0.3 is 5.32 Å². The van der Waals surface area contributed by atoms with Crippen molar-refractivity contribution in [1.82, 2.24) is 10.3 Å². The number of aromatic nitrogens is 1. The van der Waals surface area contributed by atoms with Gasteiger partial charge in [0.05, 0.1) is 11.2 Å². The van der Waals surface area contributed by atoms with Crippen LogP contribution in [0.5, 0.6) is 0 Å². The van der Waals surface area contributed by atoms with E-state index in [1.54, 1.807) is 11.3 Å². The molecule has 0 aliphatic rings. The third-order valence-electron chi connectivity index (χ3n) is 3.20. The first-order valence-corrected chi connectivity index (χ1v) is 7.84. The predicted octanol–water partition coefficient (Wildman–Crippen LogP) is 4.74. The van der Waals surface area contributed by atoms with Crippen molar-refractivity contribution in [3.05, 3.63) is 50.9 Å². The number of benzene rings is 1. The summed E-state index contributed by atoms with van der Waals surface area (Å²) in [5, 5.41) is 4.42. The van der Waals surface area contributed by atoms with E-state index in [0.717, 1.165) is 30.1 Å². The lowest BCUT2D eigenvalue weighted by Crippen LogP contribution is -2.20. The van der Waals surface area contributed by atoms with Gasteiger partial charge in [0.2, 0.25) is 0 Å². The number of hydrogen-bond acceptors (Lipinski definition) is 3. The van der Waals surface area contributed by atoms with Crippen LogP contribution in [0.15, 0.2) is 29.8 Å². The Balaban J connectivity index is 2.04. The fourth-order valence-electron chi connectivity index (χ4n) is 2.08. The maximum absolute atomic E-state index is 5.95. The second-order valence-corrected chi connectivity index (χ2v) is 6.01. The van der Waals surface area contributed by atoms with Crippen molar-refractivity contribution in [1.29, 1.82) is 0 Å². The Labute approximate surface area is 123 Å². The molecule has 0 saturated heterocycles. The molecule has 2 nitrogen and oxygen atoms in total. The number of nitrogens with zero attached hydrogens (tertiary/aromatic N) is 1. The minimum absolute atomic E-state index is 0.378. The van der Waals surface area contributed by atoms with Gasteiger partial charge >= 0.3 is 0 Å². The van der Waals surface area contributed by atoms with E-state index in [-0.39, 0.29) is 0 Å². The molecule has 4 heteroatoms. The molecule has 2 rings (SSSR count). The first kappa shape index (κ1) is 14.5. The Morgan fingerprint density at radius 1 is 1.32 bits per heavy atom. The van der Waals surface area contributed by atoms with Crippen LogP contribution in [-0.2, 0) is 6.54 Å². The lowest BCUT2D eigenvalue weighted by atomic mass is 10.0. The van der Waals surface area contributed by atoms with Gasteiger partial charge in [-0.25, -0.2) is 4.98 Å². The zero-order valence-corrected chi connectivity index (χ0v) is 12.9. The van der Waals surface area contributed by atoms with Gasteiger partial charge in [-0.15, -0.1) is 11.3 Å². The van der Waals surface area contributed by atoms with Crippen LogP contribution in [-0.4, -0.2) is 4.98 Å². The van der Waals surface area contributed by atoms with Crippen molar-refractivity contribution in [2.75, 3.05) is 0 Å². The molecule has 0 radical (unpaired) electrons. The molecule has 19 heavy (non-hydrogen) atoms. The number of rotatable bonds is 6. The predicted molar refractivity (Wildman–Crippen MR) is 82.8 cm³/mol. The van der Waals surface area contributed by atoms with Crippen molar-refractivity contribution >= 4 is 22.9 Å². The summed E-state index contributed by atoms with van der Waals surface area (Å²) >= 11 is 7.66. The largest absolute Gasteiger partial charge is 0.305 e. The molecule has 102 valence electrons. The molecule has 0 spiro atoms. The van der Waals surface area contributed by atoms with Gasteiger partial charge in [-0.1, -0.05) is 37.1 Å². The third kappa shape index (κ3) is 4.03. The van der Waals surface area contributed by atoms with E-state index in [1.807, 2.05) is 17.6 Å². The summed E-state index contributed by atoms with van der Waals surface area (Å²) in [5.74, 6) is 0. The molecule has 0 saturated carbocycles.